The standard InChI is InChI=1S/C15H11ClF4N2O3/c16-8-4-9(6-10(5-8)25-15(18,19)20)21-14(24)22-13-3-1-2-12(17)11(13)7-23/h1-6,23H,7H2,(H2,21,22,24). The number of rotatable bonds is 4. The fourth-order valence-corrected chi connectivity index (χ4v) is 2.17. The smallest absolute Gasteiger partial charge is 0.406 e. The highest BCUT2D eigenvalue weighted by Gasteiger charge is 2.31. The molecule has 2 amide bonds. The maximum absolute atomic E-state index is 13.5. The quantitative estimate of drug-likeness (QED) is 0.685. The van der Waals surface area contributed by atoms with Gasteiger partial charge in [0.15, 0.2) is 0 Å². The minimum absolute atomic E-state index is 0.00814. The first-order valence-electron chi connectivity index (χ1n) is 6.70. The molecule has 0 saturated heterocycles. The monoisotopic (exact) mass is 378 g/mol. The van der Waals surface area contributed by atoms with Crippen molar-refractivity contribution in [1.82, 2.24) is 0 Å². The molecule has 2 aromatic rings. The van der Waals surface area contributed by atoms with Crippen LogP contribution in [0.3, 0.4) is 0 Å². The third-order valence-electron chi connectivity index (χ3n) is 2.89. The van der Waals surface area contributed by atoms with Gasteiger partial charge in [0, 0.05) is 22.3 Å². The second-order valence-corrected chi connectivity index (χ2v) is 5.16. The summed E-state index contributed by atoms with van der Waals surface area (Å²) in [5, 5.41) is 13.6. The van der Waals surface area contributed by atoms with Gasteiger partial charge in [-0.05, 0) is 24.3 Å². The fraction of sp³-hybridized carbons (Fsp3) is 0.133. The van der Waals surface area contributed by atoms with Crippen LogP contribution in [0.5, 0.6) is 5.75 Å². The number of benzene rings is 2. The van der Waals surface area contributed by atoms with Crippen molar-refractivity contribution in [3.05, 3.63) is 52.8 Å². The SMILES string of the molecule is O=C(Nc1cc(Cl)cc(OC(F)(F)F)c1)Nc1cccc(F)c1CO. The Morgan fingerprint density at radius 2 is 1.92 bits per heavy atom. The van der Waals surface area contributed by atoms with Crippen molar-refractivity contribution >= 4 is 29.0 Å². The number of amides is 2. The van der Waals surface area contributed by atoms with Gasteiger partial charge in [0.05, 0.1) is 12.3 Å². The van der Waals surface area contributed by atoms with E-state index in [0.717, 1.165) is 18.2 Å². The molecule has 0 saturated carbocycles. The van der Waals surface area contributed by atoms with Crippen LogP contribution in [-0.4, -0.2) is 17.5 Å². The number of aliphatic hydroxyl groups excluding tert-OH is 1. The van der Waals surface area contributed by atoms with Crippen LogP contribution in [0, 0.1) is 5.82 Å². The van der Waals surface area contributed by atoms with Crippen molar-refractivity contribution in [1.29, 1.82) is 0 Å². The van der Waals surface area contributed by atoms with Gasteiger partial charge in [-0.3, -0.25) is 0 Å². The van der Waals surface area contributed by atoms with Gasteiger partial charge in [0.2, 0.25) is 0 Å². The zero-order valence-electron chi connectivity index (χ0n) is 12.3. The van der Waals surface area contributed by atoms with Gasteiger partial charge in [0.1, 0.15) is 11.6 Å². The first-order valence-corrected chi connectivity index (χ1v) is 7.08. The minimum Gasteiger partial charge on any atom is -0.406 e. The number of hydrogen-bond acceptors (Lipinski definition) is 3. The normalized spacial score (nSPS) is 11.1. The molecule has 0 unspecified atom stereocenters. The molecule has 0 aliphatic heterocycles. The first kappa shape index (κ1) is 18.8. The number of halogens is 5. The van der Waals surface area contributed by atoms with Crippen molar-refractivity contribution in [2.24, 2.45) is 0 Å². The molecule has 25 heavy (non-hydrogen) atoms. The average Bonchev–Trinajstić information content (AvgIpc) is 2.44. The fourth-order valence-electron chi connectivity index (χ4n) is 1.95. The van der Waals surface area contributed by atoms with E-state index in [0.29, 0.717) is 0 Å². The number of anilines is 2. The molecule has 0 radical (unpaired) electrons. The van der Waals surface area contributed by atoms with Gasteiger partial charge in [-0.2, -0.15) is 0 Å². The van der Waals surface area contributed by atoms with E-state index in [-0.39, 0.29) is 22.0 Å². The lowest BCUT2D eigenvalue weighted by Crippen LogP contribution is -2.21. The van der Waals surface area contributed by atoms with Crippen molar-refractivity contribution in [3.63, 3.8) is 0 Å². The number of hydrogen-bond donors (Lipinski definition) is 3. The molecule has 0 aliphatic rings. The maximum atomic E-state index is 13.5. The summed E-state index contributed by atoms with van der Waals surface area (Å²) in [6.45, 7) is -0.650. The molecule has 0 bridgehead atoms. The second-order valence-electron chi connectivity index (χ2n) is 4.73. The van der Waals surface area contributed by atoms with Crippen molar-refractivity contribution in [2.75, 3.05) is 10.6 Å². The molecule has 5 nitrogen and oxygen atoms in total. The van der Waals surface area contributed by atoms with Crippen molar-refractivity contribution in [3.8, 4) is 5.75 Å². The van der Waals surface area contributed by atoms with Crippen LogP contribution in [0.4, 0.5) is 33.7 Å². The molecule has 0 atom stereocenters. The molecule has 2 rings (SSSR count). The van der Waals surface area contributed by atoms with E-state index < -0.39 is 30.6 Å². The summed E-state index contributed by atoms with van der Waals surface area (Å²) in [5.74, 6) is -1.33. The molecule has 0 spiro atoms. The van der Waals surface area contributed by atoms with E-state index in [1.807, 2.05) is 0 Å². The Bertz CT molecular complexity index is 784. The Morgan fingerprint density at radius 3 is 2.56 bits per heavy atom. The first-order chi connectivity index (χ1) is 11.7. The molecule has 2 aromatic carbocycles. The summed E-state index contributed by atoms with van der Waals surface area (Å²) in [5.41, 5.74) is -0.204. The summed E-state index contributed by atoms with van der Waals surface area (Å²) in [6.07, 6.45) is -4.91. The minimum atomic E-state index is -4.91. The number of aliphatic hydroxyl groups is 1. The molecule has 0 heterocycles. The zero-order chi connectivity index (χ0) is 18.6. The highest BCUT2D eigenvalue weighted by molar-refractivity contribution is 6.31. The Morgan fingerprint density at radius 1 is 1.20 bits per heavy atom. The van der Waals surface area contributed by atoms with E-state index in [4.69, 9.17) is 16.7 Å². The lowest BCUT2D eigenvalue weighted by Gasteiger charge is -2.13. The van der Waals surface area contributed by atoms with Crippen LogP contribution < -0.4 is 15.4 Å². The Labute approximate surface area is 144 Å². The summed E-state index contributed by atoms with van der Waals surface area (Å²) < 4.78 is 54.0. The molecule has 0 fully saturated rings. The average molecular weight is 379 g/mol. The third-order valence-corrected chi connectivity index (χ3v) is 3.11. The summed E-state index contributed by atoms with van der Waals surface area (Å²) in [4.78, 5) is 11.9. The predicted octanol–water partition coefficient (Wildman–Crippen LogP) is 4.51. The number of ether oxygens (including phenoxy) is 1. The van der Waals surface area contributed by atoms with Gasteiger partial charge in [0.25, 0.3) is 0 Å². The molecular weight excluding hydrogens is 368 g/mol. The van der Waals surface area contributed by atoms with Gasteiger partial charge < -0.3 is 20.5 Å². The topological polar surface area (TPSA) is 70.6 Å². The van der Waals surface area contributed by atoms with E-state index in [1.165, 1.54) is 18.2 Å². The number of carbonyl (C=O) groups excluding carboxylic acids is 1. The summed E-state index contributed by atoms with van der Waals surface area (Å²) >= 11 is 5.69. The number of carbonyl (C=O) groups is 1. The predicted molar refractivity (Wildman–Crippen MR) is 83.1 cm³/mol. The van der Waals surface area contributed by atoms with Gasteiger partial charge >= 0.3 is 12.4 Å². The largest absolute Gasteiger partial charge is 0.573 e. The van der Waals surface area contributed by atoms with E-state index in [9.17, 15) is 22.4 Å². The van der Waals surface area contributed by atoms with Gasteiger partial charge in [-0.15, -0.1) is 13.2 Å². The van der Waals surface area contributed by atoms with Crippen molar-refractivity contribution in [2.45, 2.75) is 13.0 Å². The number of nitrogens with one attached hydrogen (secondary N) is 2. The second kappa shape index (κ2) is 7.58. The van der Waals surface area contributed by atoms with E-state index >= 15 is 0 Å². The molecule has 3 N–H and O–H groups in total. The van der Waals surface area contributed by atoms with Crippen LogP contribution in [0.15, 0.2) is 36.4 Å². The Kier molecular flexibility index (Phi) is 5.70. The zero-order valence-corrected chi connectivity index (χ0v) is 13.1. The van der Waals surface area contributed by atoms with Crippen LogP contribution in [0.25, 0.3) is 0 Å². The molecule has 10 heteroatoms. The van der Waals surface area contributed by atoms with Crippen LogP contribution in [-0.2, 0) is 6.61 Å². The van der Waals surface area contributed by atoms with Crippen LogP contribution in [0.1, 0.15) is 5.56 Å². The molecule has 0 aromatic heterocycles. The molecule has 0 aliphatic carbocycles. The van der Waals surface area contributed by atoms with Crippen molar-refractivity contribution < 1.29 is 32.2 Å². The number of urea groups is 1. The Hall–Kier alpha value is -2.52. The van der Waals surface area contributed by atoms with Crippen LogP contribution in [0.2, 0.25) is 5.02 Å². The third kappa shape index (κ3) is 5.50. The van der Waals surface area contributed by atoms with Gasteiger partial charge in [-0.1, -0.05) is 17.7 Å². The summed E-state index contributed by atoms with van der Waals surface area (Å²) in [7, 11) is 0. The summed E-state index contributed by atoms with van der Waals surface area (Å²) in [6, 6.07) is 5.94. The highest BCUT2D eigenvalue weighted by atomic mass is 35.5. The molecule has 134 valence electrons. The van der Waals surface area contributed by atoms with E-state index in [2.05, 4.69) is 15.4 Å². The number of alkyl halides is 3. The van der Waals surface area contributed by atoms with E-state index in [1.54, 1.807) is 0 Å². The lowest BCUT2D eigenvalue weighted by atomic mass is 10.2. The molecular formula is C15H11ClF4N2O3. The lowest BCUT2D eigenvalue weighted by molar-refractivity contribution is -0.274. The van der Waals surface area contributed by atoms with Crippen LogP contribution >= 0.6 is 11.6 Å². The Balaban J connectivity index is 2.14. The highest BCUT2D eigenvalue weighted by Crippen LogP contribution is 2.29. The maximum Gasteiger partial charge on any atom is 0.573 e. The van der Waals surface area contributed by atoms with Gasteiger partial charge in [-0.25, -0.2) is 9.18 Å².